The van der Waals surface area contributed by atoms with Gasteiger partial charge in [0.1, 0.15) is 5.75 Å². The lowest BCUT2D eigenvalue weighted by Crippen LogP contribution is -2.38. The van der Waals surface area contributed by atoms with E-state index >= 15 is 0 Å². The number of rotatable bonds is 5. The van der Waals surface area contributed by atoms with E-state index in [1.807, 2.05) is 0 Å². The zero-order chi connectivity index (χ0) is 17.9. The van der Waals surface area contributed by atoms with Gasteiger partial charge >= 0.3 is 6.36 Å². The summed E-state index contributed by atoms with van der Waals surface area (Å²) in [6.07, 6.45) is -2.43. The van der Waals surface area contributed by atoms with Crippen molar-refractivity contribution in [3.63, 3.8) is 0 Å². The van der Waals surface area contributed by atoms with Gasteiger partial charge in [-0.25, -0.2) is 0 Å². The van der Waals surface area contributed by atoms with E-state index in [1.165, 1.54) is 12.1 Å². The smallest absolute Gasteiger partial charge is 0.406 e. The van der Waals surface area contributed by atoms with Crippen LogP contribution in [0.3, 0.4) is 0 Å². The molecule has 0 aromatic heterocycles. The quantitative estimate of drug-likeness (QED) is 0.849. The summed E-state index contributed by atoms with van der Waals surface area (Å²) in [7, 11) is 0. The zero-order valence-corrected chi connectivity index (χ0v) is 14.1. The number of nitrogens with zero attached hydrogens (tertiary/aromatic N) is 1. The third-order valence-electron chi connectivity index (χ3n) is 5.43. The van der Waals surface area contributed by atoms with Gasteiger partial charge in [-0.3, -0.25) is 4.90 Å². The minimum absolute atomic E-state index is 0.182. The molecule has 2 aliphatic rings. The van der Waals surface area contributed by atoms with Crippen LogP contribution >= 0.6 is 0 Å². The Kier molecular flexibility index (Phi) is 5.86. The predicted molar refractivity (Wildman–Crippen MR) is 88.1 cm³/mol. The Morgan fingerprint density at radius 1 is 1.12 bits per heavy atom. The van der Waals surface area contributed by atoms with Crippen LogP contribution in [0.2, 0.25) is 0 Å². The van der Waals surface area contributed by atoms with Crippen molar-refractivity contribution in [2.24, 2.45) is 17.8 Å². The molecule has 1 aromatic rings. The highest BCUT2D eigenvalue weighted by Gasteiger charge is 2.35. The summed E-state index contributed by atoms with van der Waals surface area (Å²) in [5.41, 5.74) is 0.990. The fraction of sp³-hybridized carbons (Fsp3) is 0.667. The lowest BCUT2D eigenvalue weighted by Gasteiger charge is -2.36. The summed E-state index contributed by atoms with van der Waals surface area (Å²) < 4.78 is 40.4. The number of nitrogens with one attached hydrogen (secondary N) is 1. The van der Waals surface area contributed by atoms with Gasteiger partial charge in [0, 0.05) is 19.7 Å². The van der Waals surface area contributed by atoms with Crippen LogP contribution in [0, 0.1) is 17.8 Å². The number of piperidine rings is 1. The Hall–Kier alpha value is -1.31. The molecule has 2 heterocycles. The van der Waals surface area contributed by atoms with Gasteiger partial charge in [-0.05, 0) is 67.9 Å². The minimum atomic E-state index is -4.65. The number of halogens is 3. The Bertz CT molecular complexity index is 542. The molecule has 0 amide bonds. The average molecular weight is 358 g/mol. The van der Waals surface area contributed by atoms with E-state index in [0.29, 0.717) is 17.8 Å². The second-order valence-corrected chi connectivity index (χ2v) is 7.07. The van der Waals surface area contributed by atoms with E-state index in [4.69, 9.17) is 0 Å². The normalized spacial score (nSPS) is 26.1. The van der Waals surface area contributed by atoms with Gasteiger partial charge in [0.05, 0.1) is 0 Å². The molecule has 0 saturated carbocycles. The number of hydrogen-bond donors (Lipinski definition) is 2. The van der Waals surface area contributed by atoms with Crippen LogP contribution in [0.4, 0.5) is 13.2 Å². The van der Waals surface area contributed by atoms with Crippen LogP contribution in [0.5, 0.6) is 5.75 Å². The van der Waals surface area contributed by atoms with Crippen molar-refractivity contribution >= 4 is 0 Å². The molecular formula is C18H25F3N2O2. The number of aliphatic hydroxyl groups excluding tert-OH is 1. The largest absolute Gasteiger partial charge is 0.573 e. The molecule has 2 saturated heterocycles. The average Bonchev–Trinajstić information content (AvgIpc) is 3.05. The number of aliphatic hydroxyl groups is 1. The fourth-order valence-corrected chi connectivity index (χ4v) is 4.10. The molecule has 2 fully saturated rings. The van der Waals surface area contributed by atoms with Crippen LogP contribution in [-0.2, 0) is 6.54 Å². The third kappa shape index (κ3) is 5.09. The van der Waals surface area contributed by atoms with Crippen LogP contribution in [0.25, 0.3) is 0 Å². The summed E-state index contributed by atoms with van der Waals surface area (Å²) in [4.78, 5) is 2.34. The summed E-state index contributed by atoms with van der Waals surface area (Å²) in [5, 5.41) is 12.9. The third-order valence-corrected chi connectivity index (χ3v) is 5.43. The maximum atomic E-state index is 12.2. The number of likely N-dealkylation sites (tertiary alicyclic amines) is 1. The molecule has 2 N–H and O–H groups in total. The Morgan fingerprint density at radius 2 is 1.80 bits per heavy atom. The minimum Gasteiger partial charge on any atom is -0.406 e. The highest BCUT2D eigenvalue weighted by molar-refractivity contribution is 5.27. The van der Waals surface area contributed by atoms with Crippen molar-refractivity contribution in [1.29, 1.82) is 0 Å². The molecule has 0 aliphatic carbocycles. The van der Waals surface area contributed by atoms with Crippen molar-refractivity contribution in [3.05, 3.63) is 29.8 Å². The SMILES string of the molecule is OC[C@@H]1CNC[C@H]1C1CCN(Cc2ccc(OC(F)(F)F)cc2)CC1. The molecule has 7 heteroatoms. The maximum absolute atomic E-state index is 12.2. The lowest BCUT2D eigenvalue weighted by molar-refractivity contribution is -0.274. The molecule has 0 spiro atoms. The second kappa shape index (κ2) is 7.93. The summed E-state index contributed by atoms with van der Waals surface area (Å²) in [6, 6.07) is 6.11. The summed E-state index contributed by atoms with van der Waals surface area (Å²) in [5.74, 6) is 1.40. The first kappa shape index (κ1) is 18.5. The van der Waals surface area contributed by atoms with E-state index < -0.39 is 6.36 Å². The van der Waals surface area contributed by atoms with Gasteiger partial charge in [0.25, 0.3) is 0 Å². The Labute approximate surface area is 146 Å². The molecule has 1 aromatic carbocycles. The standard InChI is InChI=1S/C18H25F3N2O2/c19-18(20,21)25-16-3-1-13(2-4-16)11-23-7-5-14(6-8-23)17-10-22-9-15(17)12-24/h1-4,14-15,17,22,24H,5-12H2/t15-,17-/m0/s1. The molecule has 2 atom stereocenters. The molecule has 0 bridgehead atoms. The van der Waals surface area contributed by atoms with Crippen LogP contribution in [0.1, 0.15) is 18.4 Å². The molecule has 25 heavy (non-hydrogen) atoms. The van der Waals surface area contributed by atoms with Gasteiger partial charge in [-0.15, -0.1) is 13.2 Å². The lowest BCUT2D eigenvalue weighted by atomic mass is 9.79. The van der Waals surface area contributed by atoms with E-state index in [0.717, 1.165) is 51.1 Å². The van der Waals surface area contributed by atoms with Crippen LogP contribution in [0.15, 0.2) is 24.3 Å². The Morgan fingerprint density at radius 3 is 2.40 bits per heavy atom. The number of hydrogen-bond acceptors (Lipinski definition) is 4. The molecule has 3 rings (SSSR count). The summed E-state index contributed by atoms with van der Waals surface area (Å²) in [6.45, 7) is 4.88. The van der Waals surface area contributed by atoms with Crippen LogP contribution in [-0.4, -0.2) is 49.2 Å². The van der Waals surface area contributed by atoms with Gasteiger partial charge in [-0.2, -0.15) is 0 Å². The molecule has 2 aliphatic heterocycles. The van der Waals surface area contributed by atoms with E-state index in [9.17, 15) is 18.3 Å². The summed E-state index contributed by atoms with van der Waals surface area (Å²) >= 11 is 0. The molecule has 4 nitrogen and oxygen atoms in total. The fourth-order valence-electron chi connectivity index (χ4n) is 4.10. The Balaban J connectivity index is 1.47. The number of ether oxygens (including phenoxy) is 1. The van der Waals surface area contributed by atoms with Crippen molar-refractivity contribution in [1.82, 2.24) is 10.2 Å². The van der Waals surface area contributed by atoms with Gasteiger partial charge in [0.2, 0.25) is 0 Å². The van der Waals surface area contributed by atoms with E-state index in [2.05, 4.69) is 15.0 Å². The van der Waals surface area contributed by atoms with Gasteiger partial charge in [0.15, 0.2) is 0 Å². The predicted octanol–water partition coefficient (Wildman–Crippen LogP) is 2.63. The highest BCUT2D eigenvalue weighted by atomic mass is 19.4. The second-order valence-electron chi connectivity index (χ2n) is 7.07. The van der Waals surface area contributed by atoms with Crippen molar-refractivity contribution in [3.8, 4) is 5.75 Å². The molecule has 0 radical (unpaired) electrons. The maximum Gasteiger partial charge on any atom is 0.573 e. The first-order valence-electron chi connectivity index (χ1n) is 8.83. The van der Waals surface area contributed by atoms with Crippen molar-refractivity contribution < 1.29 is 23.0 Å². The van der Waals surface area contributed by atoms with Gasteiger partial charge in [-0.1, -0.05) is 12.1 Å². The van der Waals surface area contributed by atoms with E-state index in [-0.39, 0.29) is 12.4 Å². The molecule has 0 unspecified atom stereocenters. The zero-order valence-electron chi connectivity index (χ0n) is 14.1. The van der Waals surface area contributed by atoms with Crippen molar-refractivity contribution in [2.45, 2.75) is 25.7 Å². The number of alkyl halides is 3. The number of benzene rings is 1. The molecular weight excluding hydrogens is 333 g/mol. The van der Waals surface area contributed by atoms with Crippen LogP contribution < -0.4 is 10.1 Å². The highest BCUT2D eigenvalue weighted by Crippen LogP contribution is 2.33. The van der Waals surface area contributed by atoms with Gasteiger partial charge < -0.3 is 15.2 Å². The first-order chi connectivity index (χ1) is 11.9. The van der Waals surface area contributed by atoms with E-state index in [1.54, 1.807) is 12.1 Å². The first-order valence-corrected chi connectivity index (χ1v) is 8.83. The molecule has 140 valence electrons. The monoisotopic (exact) mass is 358 g/mol. The topological polar surface area (TPSA) is 44.7 Å². The van der Waals surface area contributed by atoms with Crippen molar-refractivity contribution in [2.75, 3.05) is 32.8 Å².